The fourth-order valence-electron chi connectivity index (χ4n) is 2.68. The number of alkyl halides is 3. The van der Waals surface area contributed by atoms with Crippen molar-refractivity contribution >= 4 is 40.5 Å². The van der Waals surface area contributed by atoms with Crippen molar-refractivity contribution in [1.82, 2.24) is 4.98 Å². The van der Waals surface area contributed by atoms with Crippen molar-refractivity contribution in [2.45, 2.75) is 11.2 Å². The average Bonchev–Trinajstić information content (AvgIpc) is 3.31. The summed E-state index contributed by atoms with van der Waals surface area (Å²) in [7, 11) is 1.43. The molecular formula is C21H14F3N3O3S2. The van der Waals surface area contributed by atoms with Crippen LogP contribution in [0.3, 0.4) is 0 Å². The molecule has 1 aromatic carbocycles. The standard InChI is InChI=1S/C21H14F3N3O3S2/c1-30-15-6-3-2-5-14(15)26-17(28)11-32-20-12(10-25)9-13(19(27-20)21(22,23)24)18(29)16-7-4-8-31-16/h2-9H,11H2,1H3,(H,26,28). The maximum absolute atomic E-state index is 13.6. The van der Waals surface area contributed by atoms with E-state index in [2.05, 4.69) is 10.3 Å². The summed E-state index contributed by atoms with van der Waals surface area (Å²) in [5.74, 6) is -1.30. The minimum absolute atomic E-state index is 0.0952. The molecule has 0 aliphatic heterocycles. The molecule has 0 atom stereocenters. The number of ketones is 1. The second-order valence-corrected chi connectivity index (χ2v) is 8.10. The van der Waals surface area contributed by atoms with Crippen molar-refractivity contribution in [3.8, 4) is 11.8 Å². The van der Waals surface area contributed by atoms with Crippen molar-refractivity contribution in [2.75, 3.05) is 18.2 Å². The van der Waals surface area contributed by atoms with Crippen molar-refractivity contribution in [2.24, 2.45) is 0 Å². The molecule has 0 saturated heterocycles. The number of halogens is 3. The van der Waals surface area contributed by atoms with E-state index in [0.717, 1.165) is 17.4 Å². The van der Waals surface area contributed by atoms with Gasteiger partial charge in [0.05, 0.1) is 34.6 Å². The monoisotopic (exact) mass is 477 g/mol. The number of rotatable bonds is 7. The van der Waals surface area contributed by atoms with Gasteiger partial charge in [0.2, 0.25) is 11.7 Å². The third-order valence-corrected chi connectivity index (χ3v) is 5.95. The topological polar surface area (TPSA) is 92.1 Å². The number of hydrogen-bond acceptors (Lipinski definition) is 7. The molecule has 0 bridgehead atoms. The van der Waals surface area contributed by atoms with Gasteiger partial charge in [-0.15, -0.1) is 11.3 Å². The Bertz CT molecular complexity index is 1190. The number of para-hydroxylation sites is 2. The van der Waals surface area contributed by atoms with E-state index in [1.54, 1.807) is 35.7 Å². The van der Waals surface area contributed by atoms with Crippen LogP contribution >= 0.6 is 23.1 Å². The minimum atomic E-state index is -4.93. The van der Waals surface area contributed by atoms with E-state index < -0.39 is 29.1 Å². The van der Waals surface area contributed by atoms with Crippen LogP contribution in [0, 0.1) is 11.3 Å². The molecule has 0 fully saturated rings. The Hall–Kier alpha value is -3.36. The van der Waals surface area contributed by atoms with Gasteiger partial charge >= 0.3 is 6.18 Å². The number of carbonyl (C=O) groups excluding carboxylic acids is 2. The molecule has 0 aliphatic rings. The molecule has 11 heteroatoms. The van der Waals surface area contributed by atoms with Gasteiger partial charge < -0.3 is 10.1 Å². The number of anilines is 1. The third-order valence-electron chi connectivity index (χ3n) is 4.09. The van der Waals surface area contributed by atoms with Gasteiger partial charge in [-0.2, -0.15) is 18.4 Å². The zero-order chi connectivity index (χ0) is 23.3. The number of nitrogens with one attached hydrogen (secondary N) is 1. The Balaban J connectivity index is 1.87. The molecule has 164 valence electrons. The van der Waals surface area contributed by atoms with Gasteiger partial charge in [0.1, 0.15) is 16.8 Å². The first kappa shape index (κ1) is 23.3. The Labute approximate surface area is 189 Å². The smallest absolute Gasteiger partial charge is 0.434 e. The van der Waals surface area contributed by atoms with Crippen molar-refractivity contribution < 1.29 is 27.5 Å². The highest BCUT2D eigenvalue weighted by molar-refractivity contribution is 8.00. The Kier molecular flexibility index (Phi) is 7.17. The zero-order valence-electron chi connectivity index (χ0n) is 16.4. The van der Waals surface area contributed by atoms with Crippen LogP contribution < -0.4 is 10.1 Å². The molecule has 3 aromatic rings. The number of carbonyl (C=O) groups is 2. The van der Waals surface area contributed by atoms with Crippen LogP contribution in [0.25, 0.3) is 0 Å². The fraction of sp³-hybridized carbons (Fsp3) is 0.143. The number of nitrogens with zero attached hydrogens (tertiary/aromatic N) is 2. The third kappa shape index (κ3) is 5.27. The van der Waals surface area contributed by atoms with Crippen LogP contribution in [0.4, 0.5) is 18.9 Å². The minimum Gasteiger partial charge on any atom is -0.495 e. The SMILES string of the molecule is COc1ccccc1NC(=O)CSc1nc(C(F)(F)F)c(C(=O)c2cccs2)cc1C#N. The highest BCUT2D eigenvalue weighted by atomic mass is 32.2. The Morgan fingerprint density at radius 1 is 1.25 bits per heavy atom. The summed E-state index contributed by atoms with van der Waals surface area (Å²) >= 11 is 1.65. The van der Waals surface area contributed by atoms with Gasteiger partial charge in [-0.1, -0.05) is 30.0 Å². The van der Waals surface area contributed by atoms with E-state index in [1.807, 2.05) is 0 Å². The molecule has 3 rings (SSSR count). The van der Waals surface area contributed by atoms with Crippen molar-refractivity contribution in [3.63, 3.8) is 0 Å². The molecular weight excluding hydrogens is 463 g/mol. The molecule has 1 N–H and O–H groups in total. The Morgan fingerprint density at radius 2 is 2.00 bits per heavy atom. The lowest BCUT2D eigenvalue weighted by Crippen LogP contribution is -2.18. The number of methoxy groups -OCH3 is 1. The summed E-state index contributed by atoms with van der Waals surface area (Å²) in [4.78, 5) is 28.5. The molecule has 1 amide bonds. The molecule has 0 aliphatic carbocycles. The lowest BCUT2D eigenvalue weighted by atomic mass is 10.1. The predicted molar refractivity (Wildman–Crippen MR) is 114 cm³/mol. The first-order valence-electron chi connectivity index (χ1n) is 8.90. The van der Waals surface area contributed by atoms with Crippen LogP contribution in [0.1, 0.15) is 26.5 Å². The van der Waals surface area contributed by atoms with E-state index in [1.165, 1.54) is 19.2 Å². The Morgan fingerprint density at radius 3 is 2.62 bits per heavy atom. The molecule has 2 heterocycles. The number of nitriles is 1. The first-order chi connectivity index (χ1) is 15.2. The number of ether oxygens (including phenoxy) is 1. The van der Waals surface area contributed by atoms with E-state index >= 15 is 0 Å². The van der Waals surface area contributed by atoms with Crippen LogP contribution in [0.2, 0.25) is 0 Å². The summed E-state index contributed by atoms with van der Waals surface area (Å²) < 4.78 is 46.0. The molecule has 0 radical (unpaired) electrons. The van der Waals surface area contributed by atoms with Gasteiger partial charge in [0.15, 0.2) is 5.69 Å². The lowest BCUT2D eigenvalue weighted by molar-refractivity contribution is -0.141. The van der Waals surface area contributed by atoms with Gasteiger partial charge in [-0.05, 0) is 29.6 Å². The molecule has 32 heavy (non-hydrogen) atoms. The van der Waals surface area contributed by atoms with Gasteiger partial charge in [0.25, 0.3) is 0 Å². The van der Waals surface area contributed by atoms with Crippen LogP contribution in [0.5, 0.6) is 5.75 Å². The number of pyridine rings is 1. The molecule has 0 saturated carbocycles. The predicted octanol–water partition coefficient (Wildman–Crippen LogP) is 5.00. The van der Waals surface area contributed by atoms with E-state index in [4.69, 9.17) is 4.74 Å². The maximum Gasteiger partial charge on any atom is 0.434 e. The summed E-state index contributed by atoms with van der Waals surface area (Å²) in [6.07, 6.45) is -4.93. The number of amides is 1. The first-order valence-corrected chi connectivity index (χ1v) is 10.8. The van der Waals surface area contributed by atoms with Gasteiger partial charge in [-0.3, -0.25) is 9.59 Å². The fourth-order valence-corrected chi connectivity index (χ4v) is 4.12. The van der Waals surface area contributed by atoms with Gasteiger partial charge in [0, 0.05) is 0 Å². The number of aromatic nitrogens is 1. The summed E-state index contributed by atoms with van der Waals surface area (Å²) in [5.41, 5.74) is -1.95. The van der Waals surface area contributed by atoms with Crippen LogP contribution in [-0.4, -0.2) is 29.5 Å². The summed E-state index contributed by atoms with van der Waals surface area (Å²) in [5, 5.41) is 13.3. The highest BCUT2D eigenvalue weighted by Gasteiger charge is 2.38. The largest absolute Gasteiger partial charge is 0.495 e. The summed E-state index contributed by atoms with van der Waals surface area (Å²) in [6, 6.07) is 12.2. The van der Waals surface area contributed by atoms with Crippen LogP contribution in [0.15, 0.2) is 52.9 Å². The summed E-state index contributed by atoms with van der Waals surface area (Å²) in [6.45, 7) is 0. The number of hydrogen-bond donors (Lipinski definition) is 1. The average molecular weight is 477 g/mol. The zero-order valence-corrected chi connectivity index (χ0v) is 18.0. The number of thioether (sulfide) groups is 1. The molecule has 0 unspecified atom stereocenters. The van der Waals surface area contributed by atoms with Crippen molar-refractivity contribution in [1.29, 1.82) is 5.26 Å². The number of thiophene rings is 1. The van der Waals surface area contributed by atoms with E-state index in [9.17, 15) is 28.0 Å². The highest BCUT2D eigenvalue weighted by Crippen LogP contribution is 2.35. The van der Waals surface area contributed by atoms with E-state index in [0.29, 0.717) is 23.2 Å². The van der Waals surface area contributed by atoms with Crippen molar-refractivity contribution in [3.05, 3.63) is 69.5 Å². The maximum atomic E-state index is 13.6. The lowest BCUT2D eigenvalue weighted by Gasteiger charge is -2.14. The van der Waals surface area contributed by atoms with Gasteiger partial charge in [-0.25, -0.2) is 4.98 Å². The molecule has 6 nitrogen and oxygen atoms in total. The van der Waals surface area contributed by atoms with Crippen LogP contribution in [-0.2, 0) is 11.0 Å². The second-order valence-electron chi connectivity index (χ2n) is 6.19. The normalized spacial score (nSPS) is 11.0. The molecule has 0 spiro atoms. The quantitative estimate of drug-likeness (QED) is 0.380. The second kappa shape index (κ2) is 9.84. The van der Waals surface area contributed by atoms with E-state index in [-0.39, 0.29) is 21.2 Å². The number of benzene rings is 1. The molecule has 2 aromatic heterocycles.